The van der Waals surface area contributed by atoms with Gasteiger partial charge in [0.15, 0.2) is 0 Å². The molecule has 0 saturated heterocycles. The zero-order chi connectivity index (χ0) is 13.9. The quantitative estimate of drug-likeness (QED) is 0.715. The van der Waals surface area contributed by atoms with E-state index in [-0.39, 0.29) is 5.56 Å². The number of sulfonamides is 1. The van der Waals surface area contributed by atoms with Gasteiger partial charge in [-0.15, -0.1) is 0 Å². The molecule has 0 spiro atoms. The van der Waals surface area contributed by atoms with Crippen LogP contribution in [0.4, 0.5) is 0 Å². The molecule has 18 heavy (non-hydrogen) atoms. The molecule has 2 N–H and O–H groups in total. The second-order valence-electron chi connectivity index (χ2n) is 3.33. The summed E-state index contributed by atoms with van der Waals surface area (Å²) in [6.07, 6.45) is 0.909. The van der Waals surface area contributed by atoms with Crippen LogP contribution in [0.3, 0.4) is 0 Å². The van der Waals surface area contributed by atoms with Crippen molar-refractivity contribution in [2.45, 2.75) is 18.1 Å². The van der Waals surface area contributed by atoms with E-state index in [2.05, 4.69) is 9.15 Å². The molecule has 1 aromatic heterocycles. The van der Waals surface area contributed by atoms with Crippen molar-refractivity contribution < 1.29 is 32.3 Å². The lowest BCUT2D eigenvalue weighted by atomic mass is 10.3. The van der Waals surface area contributed by atoms with Gasteiger partial charge >= 0.3 is 11.9 Å². The molecule has 0 fully saturated rings. The normalized spacial score (nSPS) is 13.0. The first-order chi connectivity index (χ1) is 8.27. The number of rotatable bonds is 5. The van der Waals surface area contributed by atoms with Crippen molar-refractivity contribution in [3.8, 4) is 0 Å². The molecular weight excluding hydrogens is 266 g/mol. The first kappa shape index (κ1) is 14.2. The molecule has 0 aliphatic carbocycles. The minimum atomic E-state index is -4.13. The number of esters is 1. The zero-order valence-electron chi connectivity index (χ0n) is 9.54. The lowest BCUT2D eigenvalue weighted by Crippen LogP contribution is -2.38. The highest BCUT2D eigenvalue weighted by atomic mass is 32.2. The Morgan fingerprint density at radius 3 is 2.61 bits per heavy atom. The number of furan rings is 1. The number of aliphatic carboxylic acids is 1. The van der Waals surface area contributed by atoms with Crippen molar-refractivity contribution in [1.82, 2.24) is 4.72 Å². The van der Waals surface area contributed by atoms with Gasteiger partial charge in [0.2, 0.25) is 5.09 Å². The van der Waals surface area contributed by atoms with E-state index in [1.165, 1.54) is 0 Å². The van der Waals surface area contributed by atoms with Gasteiger partial charge in [0.05, 0.1) is 12.7 Å². The van der Waals surface area contributed by atoms with Gasteiger partial charge in [-0.3, -0.25) is 4.79 Å². The topological polar surface area (TPSA) is 123 Å². The molecule has 1 atom stereocenters. The molecule has 0 aliphatic rings. The molecule has 1 rings (SSSR count). The summed E-state index contributed by atoms with van der Waals surface area (Å²) in [7, 11) is -3.00. The number of carbonyl (C=O) groups excluding carboxylic acids is 1. The molecule has 100 valence electrons. The van der Waals surface area contributed by atoms with Gasteiger partial charge in [-0.25, -0.2) is 13.2 Å². The molecular formula is C9H11NO7S. The highest BCUT2D eigenvalue weighted by Gasteiger charge is 2.25. The van der Waals surface area contributed by atoms with Gasteiger partial charge in [0.25, 0.3) is 10.0 Å². The fraction of sp³-hybridized carbons (Fsp3) is 0.333. The maximum absolute atomic E-state index is 11.7. The van der Waals surface area contributed by atoms with E-state index in [1.807, 2.05) is 4.72 Å². The summed E-state index contributed by atoms with van der Waals surface area (Å²) in [6.45, 7) is 1.16. The van der Waals surface area contributed by atoms with Crippen molar-refractivity contribution in [3.63, 3.8) is 0 Å². The molecule has 1 aromatic rings. The second-order valence-corrected chi connectivity index (χ2v) is 4.97. The van der Waals surface area contributed by atoms with E-state index in [1.54, 1.807) is 0 Å². The highest BCUT2D eigenvalue weighted by Crippen LogP contribution is 2.14. The van der Waals surface area contributed by atoms with Gasteiger partial charge in [0.1, 0.15) is 12.3 Å². The van der Waals surface area contributed by atoms with E-state index >= 15 is 0 Å². The summed E-state index contributed by atoms with van der Waals surface area (Å²) >= 11 is 0. The summed E-state index contributed by atoms with van der Waals surface area (Å²) < 4.78 is 34.2. The Kier molecular flexibility index (Phi) is 4.09. The lowest BCUT2D eigenvalue weighted by Gasteiger charge is -2.07. The van der Waals surface area contributed by atoms with Gasteiger partial charge in [0, 0.05) is 6.07 Å². The van der Waals surface area contributed by atoms with Gasteiger partial charge in [-0.2, -0.15) is 4.72 Å². The Morgan fingerprint density at radius 1 is 1.50 bits per heavy atom. The number of hydrogen-bond acceptors (Lipinski definition) is 6. The van der Waals surface area contributed by atoms with Crippen LogP contribution in [0.2, 0.25) is 0 Å². The predicted octanol–water partition coefficient (Wildman–Crippen LogP) is -0.182. The van der Waals surface area contributed by atoms with E-state index < -0.39 is 33.1 Å². The van der Waals surface area contributed by atoms with Crippen molar-refractivity contribution in [2.75, 3.05) is 7.11 Å². The first-order valence-electron chi connectivity index (χ1n) is 4.70. The van der Waals surface area contributed by atoms with E-state index in [0.29, 0.717) is 0 Å². The Balaban J connectivity index is 2.96. The third-order valence-electron chi connectivity index (χ3n) is 1.96. The highest BCUT2D eigenvalue weighted by molar-refractivity contribution is 7.89. The Morgan fingerprint density at radius 2 is 2.11 bits per heavy atom. The standard InChI is InChI=1S/C9H11NO7S/c1-5(8(11)12)10-18(14,15)7-3-6(4-17-7)9(13)16-2/h3-5,10H,1-2H3,(H,11,12)/t5-/m0/s1. The van der Waals surface area contributed by atoms with Crippen LogP contribution in [-0.2, 0) is 19.6 Å². The average Bonchev–Trinajstić information content (AvgIpc) is 2.77. The smallest absolute Gasteiger partial charge is 0.341 e. The molecule has 9 heteroatoms. The van der Waals surface area contributed by atoms with E-state index in [4.69, 9.17) is 5.11 Å². The van der Waals surface area contributed by atoms with Gasteiger partial charge in [-0.1, -0.05) is 0 Å². The molecule has 0 aromatic carbocycles. The minimum absolute atomic E-state index is 0.0825. The number of nitrogens with one attached hydrogen (secondary N) is 1. The Bertz CT molecular complexity index is 559. The van der Waals surface area contributed by atoms with Crippen molar-refractivity contribution in [3.05, 3.63) is 17.9 Å². The Labute approximate surface area is 103 Å². The third-order valence-corrected chi connectivity index (χ3v) is 3.37. The lowest BCUT2D eigenvalue weighted by molar-refractivity contribution is -0.138. The Hall–Kier alpha value is -1.87. The maximum Gasteiger partial charge on any atom is 0.341 e. The van der Waals surface area contributed by atoms with Crippen LogP contribution < -0.4 is 4.72 Å². The van der Waals surface area contributed by atoms with E-state index in [9.17, 15) is 18.0 Å². The monoisotopic (exact) mass is 277 g/mol. The third kappa shape index (κ3) is 3.08. The summed E-state index contributed by atoms with van der Waals surface area (Å²) in [4.78, 5) is 21.6. The van der Waals surface area contributed by atoms with E-state index in [0.717, 1.165) is 26.4 Å². The van der Waals surface area contributed by atoms with Crippen molar-refractivity contribution in [2.24, 2.45) is 0 Å². The first-order valence-corrected chi connectivity index (χ1v) is 6.18. The summed E-state index contributed by atoms with van der Waals surface area (Å²) in [5.74, 6) is -2.09. The summed E-state index contributed by atoms with van der Waals surface area (Å²) in [5, 5.41) is 8.03. The van der Waals surface area contributed by atoms with Crippen LogP contribution >= 0.6 is 0 Å². The van der Waals surface area contributed by atoms with Crippen LogP contribution in [0.5, 0.6) is 0 Å². The number of carboxylic acid groups (broad SMARTS) is 1. The maximum atomic E-state index is 11.7. The minimum Gasteiger partial charge on any atom is -0.480 e. The fourth-order valence-corrected chi connectivity index (χ4v) is 2.16. The number of carboxylic acids is 1. The van der Waals surface area contributed by atoms with Crippen LogP contribution in [0.15, 0.2) is 21.8 Å². The average molecular weight is 277 g/mol. The van der Waals surface area contributed by atoms with Gasteiger partial charge in [-0.05, 0) is 6.92 Å². The van der Waals surface area contributed by atoms with Crippen LogP contribution in [0.1, 0.15) is 17.3 Å². The van der Waals surface area contributed by atoms with Gasteiger partial charge < -0.3 is 14.3 Å². The van der Waals surface area contributed by atoms with Crippen LogP contribution in [0, 0.1) is 0 Å². The molecule has 0 radical (unpaired) electrons. The summed E-state index contributed by atoms with van der Waals surface area (Å²) in [5.41, 5.74) is -0.0825. The molecule has 0 bridgehead atoms. The SMILES string of the molecule is COC(=O)c1coc(S(=O)(=O)N[C@@H](C)C(=O)O)c1. The molecule has 1 heterocycles. The number of hydrogen-bond donors (Lipinski definition) is 2. The number of ether oxygens (including phenoxy) is 1. The number of methoxy groups -OCH3 is 1. The van der Waals surface area contributed by atoms with Crippen LogP contribution in [-0.4, -0.2) is 38.6 Å². The molecule has 0 saturated carbocycles. The number of carbonyl (C=O) groups is 2. The largest absolute Gasteiger partial charge is 0.480 e. The second kappa shape index (κ2) is 5.19. The zero-order valence-corrected chi connectivity index (χ0v) is 10.4. The van der Waals surface area contributed by atoms with Crippen molar-refractivity contribution in [1.29, 1.82) is 0 Å². The fourth-order valence-electron chi connectivity index (χ4n) is 1.02. The molecule has 0 unspecified atom stereocenters. The van der Waals surface area contributed by atoms with Crippen molar-refractivity contribution >= 4 is 22.0 Å². The predicted molar refractivity (Wildman–Crippen MR) is 57.5 cm³/mol. The molecule has 8 nitrogen and oxygen atoms in total. The molecule has 0 amide bonds. The van der Waals surface area contributed by atoms with Crippen LogP contribution in [0.25, 0.3) is 0 Å². The summed E-state index contributed by atoms with van der Waals surface area (Å²) in [6, 6.07) is -0.371. The molecule has 0 aliphatic heterocycles.